The van der Waals surface area contributed by atoms with Crippen molar-refractivity contribution in [3.63, 3.8) is 0 Å². The van der Waals surface area contributed by atoms with E-state index in [9.17, 15) is 8.42 Å². The van der Waals surface area contributed by atoms with E-state index in [1.54, 1.807) is 0 Å². The van der Waals surface area contributed by atoms with Gasteiger partial charge in [0.15, 0.2) is 0 Å². The molecule has 2 aromatic rings. The molecule has 1 heterocycles. The van der Waals surface area contributed by atoms with E-state index in [0.717, 1.165) is 10.0 Å². The smallest absolute Gasteiger partial charge is 0.246 e. The fraction of sp³-hybridized carbons (Fsp3) is 0.154. The summed E-state index contributed by atoms with van der Waals surface area (Å²) < 4.78 is 27.3. The molecule has 3 N–H and O–H groups in total. The highest BCUT2D eigenvalue weighted by Gasteiger charge is 2.24. The van der Waals surface area contributed by atoms with Gasteiger partial charge in [-0.15, -0.1) is 0 Å². The Morgan fingerprint density at radius 2 is 2.05 bits per heavy atom. The summed E-state index contributed by atoms with van der Waals surface area (Å²) in [7, 11) is -2.17. The van der Waals surface area contributed by atoms with Crippen molar-refractivity contribution in [2.24, 2.45) is 5.84 Å². The van der Waals surface area contributed by atoms with Crippen LogP contribution in [-0.2, 0) is 16.6 Å². The topological polar surface area (TPSA) is 88.3 Å². The number of sulfonamides is 1. The summed E-state index contributed by atoms with van der Waals surface area (Å²) in [6.07, 6.45) is 2.75. The van der Waals surface area contributed by atoms with Crippen molar-refractivity contribution in [2.75, 3.05) is 12.5 Å². The summed E-state index contributed by atoms with van der Waals surface area (Å²) in [6.45, 7) is 0.239. The maximum Gasteiger partial charge on any atom is 0.246 e. The van der Waals surface area contributed by atoms with Gasteiger partial charge in [-0.05, 0) is 17.7 Å². The van der Waals surface area contributed by atoms with E-state index >= 15 is 0 Å². The number of nitrogen functional groups attached to an aromatic ring is 1. The zero-order valence-electron chi connectivity index (χ0n) is 11.3. The van der Waals surface area contributed by atoms with Crippen molar-refractivity contribution in [1.82, 2.24) is 9.29 Å². The highest BCUT2D eigenvalue weighted by atomic mass is 79.9. The molecule has 0 spiro atoms. The van der Waals surface area contributed by atoms with Crippen LogP contribution in [0.3, 0.4) is 0 Å². The normalized spacial score (nSPS) is 11.6. The van der Waals surface area contributed by atoms with Crippen LogP contribution in [0.4, 0.5) is 5.69 Å². The highest BCUT2D eigenvalue weighted by molar-refractivity contribution is 9.10. The maximum atomic E-state index is 12.6. The van der Waals surface area contributed by atoms with Gasteiger partial charge < -0.3 is 5.43 Å². The zero-order valence-corrected chi connectivity index (χ0v) is 13.7. The van der Waals surface area contributed by atoms with Gasteiger partial charge in [0.2, 0.25) is 10.0 Å². The first kappa shape index (κ1) is 15.9. The molecule has 1 aromatic carbocycles. The first-order chi connectivity index (χ1) is 9.96. The molecule has 0 atom stereocenters. The summed E-state index contributed by atoms with van der Waals surface area (Å²) in [6, 6.07) is 8.98. The number of nitrogens with two attached hydrogens (primary N) is 1. The third-order valence-electron chi connectivity index (χ3n) is 2.98. The Balaban J connectivity index is 2.33. The van der Waals surface area contributed by atoms with E-state index in [2.05, 4.69) is 26.3 Å². The van der Waals surface area contributed by atoms with Crippen LogP contribution >= 0.6 is 15.9 Å². The standard InChI is InChI=1S/C13H15BrN4O2S/c1-18(9-10-4-2-3-5-11(10)14)21(19,20)13-8-16-7-6-12(13)17-15/h2-8H,9,15H2,1H3,(H,16,17). The Morgan fingerprint density at radius 3 is 2.71 bits per heavy atom. The number of halogens is 1. The number of pyridine rings is 1. The monoisotopic (exact) mass is 370 g/mol. The minimum Gasteiger partial charge on any atom is -0.323 e. The first-order valence-corrected chi connectivity index (χ1v) is 8.30. The Kier molecular flexibility index (Phi) is 4.94. The van der Waals surface area contributed by atoms with E-state index in [0.29, 0.717) is 5.69 Å². The molecule has 0 bridgehead atoms. The van der Waals surface area contributed by atoms with Gasteiger partial charge in [0, 0.05) is 30.5 Å². The highest BCUT2D eigenvalue weighted by Crippen LogP contribution is 2.25. The second kappa shape index (κ2) is 6.52. The van der Waals surface area contributed by atoms with Crippen LogP contribution in [0.25, 0.3) is 0 Å². The molecule has 6 nitrogen and oxygen atoms in total. The molecule has 0 aliphatic carbocycles. The van der Waals surface area contributed by atoms with Gasteiger partial charge in [-0.1, -0.05) is 34.1 Å². The molecule has 8 heteroatoms. The predicted molar refractivity (Wildman–Crippen MR) is 84.8 cm³/mol. The van der Waals surface area contributed by atoms with E-state index in [1.165, 1.54) is 29.8 Å². The van der Waals surface area contributed by atoms with Gasteiger partial charge in [-0.3, -0.25) is 10.8 Å². The molecule has 1 aromatic heterocycles. The van der Waals surface area contributed by atoms with Gasteiger partial charge in [0.05, 0.1) is 5.69 Å². The number of hydrazine groups is 1. The van der Waals surface area contributed by atoms with Crippen molar-refractivity contribution in [1.29, 1.82) is 0 Å². The Hall–Kier alpha value is -1.48. The van der Waals surface area contributed by atoms with Crippen LogP contribution < -0.4 is 11.3 Å². The van der Waals surface area contributed by atoms with Crippen molar-refractivity contribution in [3.05, 3.63) is 52.8 Å². The first-order valence-electron chi connectivity index (χ1n) is 6.07. The lowest BCUT2D eigenvalue weighted by atomic mass is 10.2. The lowest BCUT2D eigenvalue weighted by Gasteiger charge is -2.19. The molecule has 0 saturated heterocycles. The molecule has 0 aliphatic rings. The van der Waals surface area contributed by atoms with E-state index in [-0.39, 0.29) is 11.4 Å². The van der Waals surface area contributed by atoms with Gasteiger partial charge in [-0.25, -0.2) is 8.42 Å². The number of aromatic nitrogens is 1. The summed E-state index contributed by atoms with van der Waals surface area (Å²) in [5.74, 6) is 5.36. The number of rotatable bonds is 5. The fourth-order valence-electron chi connectivity index (χ4n) is 1.82. The molecule has 0 aliphatic heterocycles. The molecular weight excluding hydrogens is 356 g/mol. The summed E-state index contributed by atoms with van der Waals surface area (Å²) in [5.41, 5.74) is 3.56. The minimum absolute atomic E-state index is 0.0436. The lowest BCUT2D eigenvalue weighted by molar-refractivity contribution is 0.466. The van der Waals surface area contributed by atoms with Crippen molar-refractivity contribution >= 4 is 31.6 Å². The zero-order chi connectivity index (χ0) is 15.5. The molecular formula is C13H15BrN4O2S. The van der Waals surface area contributed by atoms with E-state index in [1.807, 2.05) is 24.3 Å². The number of hydrogen-bond donors (Lipinski definition) is 2. The summed E-state index contributed by atoms with van der Waals surface area (Å²) in [5, 5.41) is 0. The third kappa shape index (κ3) is 3.41. The van der Waals surface area contributed by atoms with Crippen LogP contribution in [0.2, 0.25) is 0 Å². The van der Waals surface area contributed by atoms with Gasteiger partial charge >= 0.3 is 0 Å². The van der Waals surface area contributed by atoms with Crippen LogP contribution in [0.5, 0.6) is 0 Å². The lowest BCUT2D eigenvalue weighted by Crippen LogP contribution is -2.28. The molecule has 0 amide bonds. The number of nitrogens with one attached hydrogen (secondary N) is 1. The van der Waals surface area contributed by atoms with Crippen molar-refractivity contribution < 1.29 is 8.42 Å². The number of hydrogen-bond acceptors (Lipinski definition) is 5. The predicted octanol–water partition coefficient (Wildman–Crippen LogP) is 1.95. The Labute approximate surface area is 132 Å². The van der Waals surface area contributed by atoms with Crippen LogP contribution in [-0.4, -0.2) is 24.8 Å². The average molecular weight is 371 g/mol. The molecule has 2 rings (SSSR count). The summed E-state index contributed by atoms with van der Waals surface area (Å²) >= 11 is 3.41. The SMILES string of the molecule is CN(Cc1ccccc1Br)S(=O)(=O)c1cnccc1NN. The van der Waals surface area contributed by atoms with Gasteiger partial charge in [0.25, 0.3) is 0 Å². The van der Waals surface area contributed by atoms with Crippen molar-refractivity contribution in [2.45, 2.75) is 11.4 Å². The number of anilines is 1. The molecule has 0 saturated carbocycles. The largest absolute Gasteiger partial charge is 0.323 e. The van der Waals surface area contributed by atoms with E-state index in [4.69, 9.17) is 5.84 Å². The fourth-order valence-corrected chi connectivity index (χ4v) is 3.48. The minimum atomic E-state index is -3.69. The third-order valence-corrected chi connectivity index (χ3v) is 5.58. The van der Waals surface area contributed by atoms with Crippen LogP contribution in [0, 0.1) is 0 Å². The maximum absolute atomic E-state index is 12.6. The average Bonchev–Trinajstić information content (AvgIpc) is 2.49. The van der Waals surface area contributed by atoms with Gasteiger partial charge in [0.1, 0.15) is 4.90 Å². The second-order valence-corrected chi connectivity index (χ2v) is 7.24. The molecule has 0 radical (unpaired) electrons. The van der Waals surface area contributed by atoms with Crippen LogP contribution in [0.1, 0.15) is 5.56 Å². The quantitative estimate of drug-likeness (QED) is 0.620. The number of nitrogens with zero attached hydrogens (tertiary/aromatic N) is 2. The summed E-state index contributed by atoms with van der Waals surface area (Å²) in [4.78, 5) is 3.90. The Bertz CT molecular complexity index is 736. The second-order valence-electron chi connectivity index (χ2n) is 4.37. The van der Waals surface area contributed by atoms with E-state index < -0.39 is 10.0 Å². The Morgan fingerprint density at radius 1 is 1.33 bits per heavy atom. The molecule has 21 heavy (non-hydrogen) atoms. The molecule has 0 fully saturated rings. The number of benzene rings is 1. The van der Waals surface area contributed by atoms with Gasteiger partial charge in [-0.2, -0.15) is 4.31 Å². The van der Waals surface area contributed by atoms with Crippen LogP contribution in [0.15, 0.2) is 52.1 Å². The van der Waals surface area contributed by atoms with Crippen molar-refractivity contribution in [3.8, 4) is 0 Å². The molecule has 0 unspecified atom stereocenters. The molecule has 112 valence electrons.